The molecule has 0 fully saturated rings. The molecule has 1 aromatic carbocycles. The number of methoxy groups -OCH3 is 1. The SMILES string of the molecule is C=C(Nc1nc(C)nc2cc(OCC(C)(C)CC(C)(C)C(=O)O)c(OC)cc12)c1cc(P)cs1. The maximum absolute atomic E-state index is 11.6. The predicted molar refractivity (Wildman–Crippen MR) is 142 cm³/mol. The molecule has 7 nitrogen and oxygen atoms in total. The molecule has 0 aliphatic rings. The quantitative estimate of drug-likeness (QED) is 0.355. The summed E-state index contributed by atoms with van der Waals surface area (Å²) in [5.41, 5.74) is 0.235. The minimum atomic E-state index is -0.854. The third-order valence-electron chi connectivity index (χ3n) is 5.40. The second-order valence-electron chi connectivity index (χ2n) is 9.81. The number of rotatable bonds is 10. The summed E-state index contributed by atoms with van der Waals surface area (Å²) in [5.74, 6) is 1.52. The van der Waals surface area contributed by atoms with E-state index in [0.717, 1.165) is 21.3 Å². The molecule has 1 atom stereocenters. The van der Waals surface area contributed by atoms with Crippen molar-refractivity contribution in [3.8, 4) is 11.5 Å². The number of anilines is 1. The Balaban J connectivity index is 1.90. The largest absolute Gasteiger partial charge is 0.493 e. The van der Waals surface area contributed by atoms with E-state index in [-0.39, 0.29) is 5.41 Å². The molecule has 0 saturated heterocycles. The molecule has 0 amide bonds. The molecule has 2 heterocycles. The minimum Gasteiger partial charge on any atom is -0.493 e. The number of aryl methyl sites for hydroxylation is 1. The van der Waals surface area contributed by atoms with Gasteiger partial charge in [0.1, 0.15) is 11.6 Å². The van der Waals surface area contributed by atoms with Gasteiger partial charge in [-0.3, -0.25) is 4.79 Å². The number of hydrogen-bond acceptors (Lipinski definition) is 7. The maximum Gasteiger partial charge on any atom is 0.309 e. The van der Waals surface area contributed by atoms with Gasteiger partial charge in [-0.2, -0.15) is 0 Å². The van der Waals surface area contributed by atoms with Crippen molar-refractivity contribution in [2.45, 2.75) is 41.0 Å². The number of thiophene rings is 1. The number of fused-ring (bicyclic) bond motifs is 1. The normalized spacial score (nSPS) is 12.0. The molecule has 34 heavy (non-hydrogen) atoms. The van der Waals surface area contributed by atoms with Gasteiger partial charge in [-0.15, -0.1) is 20.6 Å². The van der Waals surface area contributed by atoms with Crippen LogP contribution < -0.4 is 20.1 Å². The fourth-order valence-corrected chi connectivity index (χ4v) is 5.15. The lowest BCUT2D eigenvalue weighted by Gasteiger charge is -2.32. The monoisotopic (exact) mass is 501 g/mol. The first kappa shape index (κ1) is 25.9. The number of hydrogen-bond donors (Lipinski definition) is 2. The number of carbonyl (C=O) groups is 1. The van der Waals surface area contributed by atoms with Crippen LogP contribution in [0.1, 0.15) is 44.8 Å². The standard InChI is InChI=1S/C25H32N3O4PS/c1-14(21-8-16(33)11-34-21)26-22-17-9-19(31-7)20(10-18(17)27-15(2)28-22)32-13-24(3,4)12-25(5,6)23(29)30/h8-11H,1,12-13,33H2,2-7H3,(H,29,30)(H,26,27,28). The maximum atomic E-state index is 11.6. The highest BCUT2D eigenvalue weighted by Gasteiger charge is 2.35. The molecule has 0 spiro atoms. The van der Waals surface area contributed by atoms with E-state index in [4.69, 9.17) is 9.47 Å². The van der Waals surface area contributed by atoms with Gasteiger partial charge in [-0.1, -0.05) is 20.4 Å². The first-order valence-electron chi connectivity index (χ1n) is 10.8. The zero-order chi connectivity index (χ0) is 25.3. The Kier molecular flexibility index (Phi) is 7.53. The second-order valence-corrected chi connectivity index (χ2v) is 11.4. The van der Waals surface area contributed by atoms with E-state index < -0.39 is 11.4 Å². The van der Waals surface area contributed by atoms with Crippen LogP contribution in [-0.4, -0.2) is 34.8 Å². The molecule has 3 aromatic rings. The van der Waals surface area contributed by atoms with Crippen LogP contribution in [0.25, 0.3) is 16.6 Å². The van der Waals surface area contributed by atoms with Crippen molar-refractivity contribution in [3.05, 3.63) is 40.9 Å². The van der Waals surface area contributed by atoms with E-state index in [9.17, 15) is 9.90 Å². The zero-order valence-electron chi connectivity index (χ0n) is 20.5. The van der Waals surface area contributed by atoms with Gasteiger partial charge in [0.25, 0.3) is 0 Å². The number of aliphatic carboxylic acids is 1. The van der Waals surface area contributed by atoms with Crippen molar-refractivity contribution in [1.29, 1.82) is 0 Å². The molecule has 0 aliphatic heterocycles. The first-order chi connectivity index (χ1) is 15.8. The van der Waals surface area contributed by atoms with E-state index in [1.807, 2.05) is 44.4 Å². The first-order valence-corrected chi connectivity index (χ1v) is 12.3. The van der Waals surface area contributed by atoms with Gasteiger partial charge in [-0.25, -0.2) is 9.97 Å². The molecule has 0 bridgehead atoms. The summed E-state index contributed by atoms with van der Waals surface area (Å²) in [5, 5.41) is 16.7. The predicted octanol–water partition coefficient (Wildman–Crippen LogP) is 5.50. The van der Waals surface area contributed by atoms with Crippen molar-refractivity contribution < 1.29 is 19.4 Å². The third kappa shape index (κ3) is 6.05. The van der Waals surface area contributed by atoms with Gasteiger partial charge in [0.05, 0.1) is 29.5 Å². The smallest absolute Gasteiger partial charge is 0.309 e. The van der Waals surface area contributed by atoms with Gasteiger partial charge in [0.2, 0.25) is 0 Å². The molecular weight excluding hydrogens is 469 g/mol. The minimum absolute atomic E-state index is 0.327. The van der Waals surface area contributed by atoms with Gasteiger partial charge in [-0.05, 0) is 55.4 Å². The van der Waals surface area contributed by atoms with Gasteiger partial charge >= 0.3 is 5.97 Å². The second kappa shape index (κ2) is 9.88. The fraction of sp³-hybridized carbons (Fsp3) is 0.400. The average Bonchev–Trinajstić information content (AvgIpc) is 3.17. The molecule has 0 radical (unpaired) electrons. The van der Waals surface area contributed by atoms with Gasteiger partial charge in [0, 0.05) is 17.1 Å². The molecule has 2 N–H and O–H groups in total. The van der Waals surface area contributed by atoms with Crippen LogP contribution in [0.15, 0.2) is 30.2 Å². The molecule has 0 aliphatic carbocycles. The molecule has 2 aromatic heterocycles. The summed E-state index contributed by atoms with van der Waals surface area (Å²) >= 11 is 1.60. The van der Waals surface area contributed by atoms with Crippen LogP contribution in [-0.2, 0) is 4.79 Å². The summed E-state index contributed by atoms with van der Waals surface area (Å²) in [6.45, 7) is 13.8. The van der Waals surface area contributed by atoms with Crippen molar-refractivity contribution >= 4 is 54.3 Å². The van der Waals surface area contributed by atoms with E-state index >= 15 is 0 Å². The Morgan fingerprint density at radius 2 is 1.91 bits per heavy atom. The van der Waals surface area contributed by atoms with Gasteiger partial charge in [0.15, 0.2) is 11.5 Å². The molecular formula is C25H32N3O4PS. The number of ether oxygens (including phenoxy) is 2. The Morgan fingerprint density at radius 3 is 2.50 bits per heavy atom. The van der Waals surface area contributed by atoms with Crippen LogP contribution in [0.2, 0.25) is 0 Å². The van der Waals surface area contributed by atoms with Crippen LogP contribution in [0.3, 0.4) is 0 Å². The molecule has 3 rings (SSSR count). The number of carboxylic acid groups (broad SMARTS) is 1. The highest BCUT2D eigenvalue weighted by molar-refractivity contribution is 7.29. The van der Waals surface area contributed by atoms with E-state index in [1.54, 1.807) is 32.3 Å². The van der Waals surface area contributed by atoms with Gasteiger partial charge < -0.3 is 19.9 Å². The Bertz CT molecular complexity index is 1240. The van der Waals surface area contributed by atoms with Crippen molar-refractivity contribution in [2.75, 3.05) is 19.0 Å². The highest BCUT2D eigenvalue weighted by Crippen LogP contribution is 2.38. The lowest BCUT2D eigenvalue weighted by Crippen LogP contribution is -2.33. The topological polar surface area (TPSA) is 93.6 Å². The van der Waals surface area contributed by atoms with Crippen LogP contribution in [0.4, 0.5) is 5.82 Å². The summed E-state index contributed by atoms with van der Waals surface area (Å²) in [6.07, 6.45) is 0.462. The molecule has 1 unspecified atom stereocenters. The summed E-state index contributed by atoms with van der Waals surface area (Å²) in [4.78, 5) is 21.8. The molecule has 9 heteroatoms. The summed E-state index contributed by atoms with van der Waals surface area (Å²) in [6, 6.07) is 5.73. The fourth-order valence-electron chi connectivity index (χ4n) is 3.93. The number of carboxylic acids is 1. The Hall–Kier alpha value is -2.70. The highest BCUT2D eigenvalue weighted by atomic mass is 32.1. The summed E-state index contributed by atoms with van der Waals surface area (Å²) in [7, 11) is 4.26. The number of benzene rings is 1. The number of nitrogens with one attached hydrogen (secondary N) is 1. The van der Waals surface area contributed by atoms with E-state index in [0.29, 0.717) is 41.7 Å². The Morgan fingerprint density at radius 1 is 1.21 bits per heavy atom. The lowest BCUT2D eigenvalue weighted by molar-refractivity contribution is -0.148. The molecule has 0 saturated carbocycles. The van der Waals surface area contributed by atoms with Crippen molar-refractivity contribution in [2.24, 2.45) is 10.8 Å². The van der Waals surface area contributed by atoms with Crippen LogP contribution >= 0.6 is 20.6 Å². The van der Waals surface area contributed by atoms with E-state index in [2.05, 4.69) is 31.1 Å². The van der Waals surface area contributed by atoms with E-state index in [1.165, 1.54) is 0 Å². The average molecular weight is 502 g/mol. The van der Waals surface area contributed by atoms with Crippen molar-refractivity contribution in [3.63, 3.8) is 0 Å². The Labute approximate surface area is 206 Å². The zero-order valence-corrected chi connectivity index (χ0v) is 22.5. The van der Waals surface area contributed by atoms with Crippen molar-refractivity contribution in [1.82, 2.24) is 9.97 Å². The lowest BCUT2D eigenvalue weighted by atomic mass is 9.75. The third-order valence-corrected chi connectivity index (χ3v) is 6.98. The van der Waals surface area contributed by atoms with Crippen LogP contribution in [0, 0.1) is 17.8 Å². The number of aromatic nitrogens is 2. The van der Waals surface area contributed by atoms with Crippen LogP contribution in [0.5, 0.6) is 11.5 Å². The molecule has 182 valence electrons. The summed E-state index contributed by atoms with van der Waals surface area (Å²) < 4.78 is 11.8. The number of nitrogens with zero attached hydrogens (tertiary/aromatic N) is 2.